The Morgan fingerprint density at radius 3 is 2.16 bits per heavy atom. The molecule has 4 saturated carbocycles. The summed E-state index contributed by atoms with van der Waals surface area (Å²) in [5.74, 6) is 7.14. The summed E-state index contributed by atoms with van der Waals surface area (Å²) >= 11 is 0. The lowest BCUT2D eigenvalue weighted by Crippen LogP contribution is -2.56. The number of hydrogen-bond donors (Lipinski definition) is 1. The summed E-state index contributed by atoms with van der Waals surface area (Å²) in [7, 11) is 0. The second-order valence-electron chi connectivity index (χ2n) is 13.3. The zero-order valence-electron chi connectivity index (χ0n) is 21.7. The van der Waals surface area contributed by atoms with Gasteiger partial charge in [0.05, 0.1) is 6.10 Å². The second kappa shape index (κ2) is 8.81. The fourth-order valence-corrected chi connectivity index (χ4v) is 9.90. The largest absolute Gasteiger partial charge is 0.393 e. The normalized spacial score (nSPS) is 49.5. The molecule has 11 atom stereocenters. The first-order valence-corrected chi connectivity index (χ1v) is 14.0. The van der Waals surface area contributed by atoms with Crippen molar-refractivity contribution in [2.45, 2.75) is 112 Å². The molecule has 4 aliphatic carbocycles. The minimum Gasteiger partial charge on any atom is -0.393 e. The topological polar surface area (TPSA) is 20.2 Å². The Morgan fingerprint density at radius 1 is 0.839 bits per heavy atom. The highest BCUT2D eigenvalue weighted by molar-refractivity contribution is 5.12. The summed E-state index contributed by atoms with van der Waals surface area (Å²) < 4.78 is 0. The van der Waals surface area contributed by atoms with Gasteiger partial charge in [-0.05, 0) is 122 Å². The van der Waals surface area contributed by atoms with Crippen LogP contribution in [0, 0.1) is 64.1 Å². The first kappa shape index (κ1) is 23.8. The van der Waals surface area contributed by atoms with Crippen LogP contribution < -0.4 is 0 Å². The van der Waals surface area contributed by atoms with Crippen LogP contribution in [0.15, 0.2) is 12.2 Å². The van der Waals surface area contributed by atoms with Crippen LogP contribution in [0.25, 0.3) is 0 Å². The SMILES string of the molecule is CCC(/C=C/[C@@H](C)[C@H]1CC[C@H]2C3CC[C@H]4[C@H](C)[C@@H](O)CC[C@]4(C)[C@H]3CC[C@]12C)C(C)C. The molecule has 0 spiro atoms. The standard InChI is InChI=1S/C30H52O/c1-8-22(19(2)3)10-9-20(4)24-13-14-26-23-11-12-25-21(5)28(31)16-18-30(25,7)27(23)15-17-29(24,26)6/h9-10,19-28,31H,8,11-18H2,1-7H3/b10-9+/t20-,21+,22?,23?,24-,25+,26+,27+,28+,29-,30+/m1/s1. The average Bonchev–Trinajstić information content (AvgIpc) is 3.08. The molecule has 1 heteroatoms. The highest BCUT2D eigenvalue weighted by atomic mass is 16.3. The second-order valence-corrected chi connectivity index (χ2v) is 13.3. The van der Waals surface area contributed by atoms with Crippen molar-refractivity contribution >= 4 is 0 Å². The van der Waals surface area contributed by atoms with Crippen LogP contribution in [0.4, 0.5) is 0 Å². The Morgan fingerprint density at radius 2 is 1.48 bits per heavy atom. The van der Waals surface area contributed by atoms with Crippen molar-refractivity contribution in [2.75, 3.05) is 0 Å². The van der Waals surface area contributed by atoms with E-state index in [0.29, 0.717) is 16.7 Å². The van der Waals surface area contributed by atoms with Gasteiger partial charge in [0.15, 0.2) is 0 Å². The van der Waals surface area contributed by atoms with Gasteiger partial charge < -0.3 is 5.11 Å². The highest BCUT2D eigenvalue weighted by Gasteiger charge is 2.61. The van der Waals surface area contributed by atoms with Gasteiger partial charge in [-0.2, -0.15) is 0 Å². The fourth-order valence-electron chi connectivity index (χ4n) is 9.90. The van der Waals surface area contributed by atoms with Crippen molar-refractivity contribution < 1.29 is 5.11 Å². The molecule has 0 aliphatic heterocycles. The summed E-state index contributed by atoms with van der Waals surface area (Å²) in [6, 6.07) is 0. The van der Waals surface area contributed by atoms with E-state index in [1.807, 2.05) is 0 Å². The van der Waals surface area contributed by atoms with E-state index in [1.165, 1.54) is 51.4 Å². The molecule has 4 rings (SSSR count). The number of rotatable bonds is 5. The molecule has 2 unspecified atom stereocenters. The predicted molar refractivity (Wildman–Crippen MR) is 133 cm³/mol. The summed E-state index contributed by atoms with van der Waals surface area (Å²) in [6.07, 6.45) is 17.3. The molecule has 0 aromatic heterocycles. The third-order valence-electron chi connectivity index (χ3n) is 11.9. The molecule has 1 nitrogen and oxygen atoms in total. The Labute approximate surface area is 193 Å². The molecule has 1 N–H and O–H groups in total. The molecule has 4 fully saturated rings. The van der Waals surface area contributed by atoms with Gasteiger partial charge >= 0.3 is 0 Å². The van der Waals surface area contributed by atoms with Gasteiger partial charge in [0.25, 0.3) is 0 Å². The van der Waals surface area contributed by atoms with E-state index in [-0.39, 0.29) is 6.10 Å². The molecule has 4 aliphatic rings. The molecular weight excluding hydrogens is 376 g/mol. The maximum absolute atomic E-state index is 10.5. The minimum atomic E-state index is -0.0511. The highest BCUT2D eigenvalue weighted by Crippen LogP contribution is 2.68. The lowest BCUT2D eigenvalue weighted by atomic mass is 9.43. The van der Waals surface area contributed by atoms with Gasteiger partial charge in [0.2, 0.25) is 0 Å². The van der Waals surface area contributed by atoms with E-state index in [2.05, 4.69) is 60.6 Å². The fraction of sp³-hybridized carbons (Fsp3) is 0.933. The molecule has 0 heterocycles. The van der Waals surface area contributed by atoms with Crippen LogP contribution in [0.5, 0.6) is 0 Å². The molecule has 0 saturated heterocycles. The quantitative estimate of drug-likeness (QED) is 0.438. The lowest BCUT2D eigenvalue weighted by molar-refractivity contribution is -0.148. The molecule has 0 amide bonds. The number of aliphatic hydroxyl groups is 1. The molecule has 178 valence electrons. The van der Waals surface area contributed by atoms with E-state index in [9.17, 15) is 5.11 Å². The van der Waals surface area contributed by atoms with Gasteiger partial charge in [-0.1, -0.05) is 60.6 Å². The Balaban J connectivity index is 1.51. The smallest absolute Gasteiger partial charge is 0.0568 e. The van der Waals surface area contributed by atoms with Crippen molar-refractivity contribution in [1.82, 2.24) is 0 Å². The van der Waals surface area contributed by atoms with Gasteiger partial charge in [-0.3, -0.25) is 0 Å². The average molecular weight is 429 g/mol. The lowest BCUT2D eigenvalue weighted by Gasteiger charge is -2.62. The van der Waals surface area contributed by atoms with E-state index in [0.717, 1.165) is 53.8 Å². The van der Waals surface area contributed by atoms with Crippen LogP contribution in [-0.4, -0.2) is 11.2 Å². The Kier molecular flexibility index (Phi) is 6.78. The van der Waals surface area contributed by atoms with Crippen molar-refractivity contribution in [1.29, 1.82) is 0 Å². The maximum atomic E-state index is 10.5. The summed E-state index contributed by atoms with van der Waals surface area (Å²) in [6.45, 7) is 17.3. The number of allylic oxidation sites excluding steroid dienone is 2. The summed E-state index contributed by atoms with van der Waals surface area (Å²) in [4.78, 5) is 0. The number of hydrogen-bond acceptors (Lipinski definition) is 1. The first-order chi connectivity index (χ1) is 14.6. The van der Waals surface area contributed by atoms with Crippen LogP contribution in [-0.2, 0) is 0 Å². The zero-order chi connectivity index (χ0) is 22.6. The summed E-state index contributed by atoms with van der Waals surface area (Å²) in [5, 5.41) is 10.5. The molecule has 0 bridgehead atoms. The predicted octanol–water partition coefficient (Wildman–Crippen LogP) is 8.13. The Hall–Kier alpha value is -0.300. The van der Waals surface area contributed by atoms with E-state index >= 15 is 0 Å². The third kappa shape index (κ3) is 3.87. The molecule has 31 heavy (non-hydrogen) atoms. The van der Waals surface area contributed by atoms with E-state index < -0.39 is 0 Å². The monoisotopic (exact) mass is 428 g/mol. The number of aliphatic hydroxyl groups excluding tert-OH is 1. The van der Waals surface area contributed by atoms with Gasteiger partial charge in [0, 0.05) is 0 Å². The minimum absolute atomic E-state index is 0.0511. The maximum Gasteiger partial charge on any atom is 0.0568 e. The molecule has 0 aromatic carbocycles. The van der Waals surface area contributed by atoms with Crippen molar-refractivity contribution in [3.05, 3.63) is 12.2 Å². The van der Waals surface area contributed by atoms with Gasteiger partial charge in [-0.15, -0.1) is 0 Å². The number of fused-ring (bicyclic) bond motifs is 5. The third-order valence-corrected chi connectivity index (χ3v) is 11.9. The van der Waals surface area contributed by atoms with Crippen molar-refractivity contribution in [3.8, 4) is 0 Å². The molecule has 0 radical (unpaired) electrons. The van der Waals surface area contributed by atoms with Gasteiger partial charge in [0.1, 0.15) is 0 Å². The Bertz CT molecular complexity index is 651. The van der Waals surface area contributed by atoms with Crippen molar-refractivity contribution in [3.63, 3.8) is 0 Å². The molecule has 0 aromatic rings. The van der Waals surface area contributed by atoms with E-state index in [1.54, 1.807) is 0 Å². The van der Waals surface area contributed by atoms with Crippen LogP contribution in [0.1, 0.15) is 106 Å². The van der Waals surface area contributed by atoms with Crippen LogP contribution >= 0.6 is 0 Å². The van der Waals surface area contributed by atoms with Crippen LogP contribution in [0.2, 0.25) is 0 Å². The molecular formula is C30H52O. The summed E-state index contributed by atoms with van der Waals surface area (Å²) in [5.41, 5.74) is 1.03. The first-order valence-electron chi connectivity index (χ1n) is 14.0. The van der Waals surface area contributed by atoms with Crippen molar-refractivity contribution in [2.24, 2.45) is 64.1 Å². The van der Waals surface area contributed by atoms with Gasteiger partial charge in [-0.25, -0.2) is 0 Å². The van der Waals surface area contributed by atoms with Crippen LogP contribution in [0.3, 0.4) is 0 Å². The van der Waals surface area contributed by atoms with E-state index in [4.69, 9.17) is 0 Å². The zero-order valence-corrected chi connectivity index (χ0v) is 21.7.